The molecule has 0 saturated carbocycles. The van der Waals surface area contributed by atoms with Crippen LogP contribution in [0.4, 0.5) is 5.95 Å². The molecular weight excluding hydrogens is 274 g/mol. The van der Waals surface area contributed by atoms with E-state index in [1.54, 1.807) is 6.92 Å². The first-order valence-corrected chi connectivity index (χ1v) is 5.73. The maximum atomic E-state index is 11.2. The highest BCUT2D eigenvalue weighted by Gasteiger charge is 2.09. The fraction of sp³-hybridized carbons (Fsp3) is 0.333. The van der Waals surface area contributed by atoms with Crippen molar-refractivity contribution in [2.45, 2.75) is 6.92 Å². The second-order valence-electron chi connectivity index (χ2n) is 3.23. The molecule has 2 heterocycles. The van der Waals surface area contributed by atoms with Crippen molar-refractivity contribution in [3.8, 4) is 5.95 Å². The van der Waals surface area contributed by atoms with Crippen molar-refractivity contribution in [2.75, 3.05) is 18.5 Å². The first kappa shape index (κ1) is 13.1. The number of rotatable bonds is 5. The first-order valence-electron chi connectivity index (χ1n) is 5.35. The van der Waals surface area contributed by atoms with Crippen LogP contribution >= 0.6 is 11.6 Å². The summed E-state index contributed by atoms with van der Waals surface area (Å²) in [6.45, 7) is 1.97. The SMILES string of the molecule is CCOC(=O)CNc1nc(Cl)nc(-n2cncn2)n1. The van der Waals surface area contributed by atoms with E-state index in [9.17, 15) is 4.79 Å². The molecule has 100 valence electrons. The number of esters is 1. The molecule has 0 amide bonds. The van der Waals surface area contributed by atoms with Gasteiger partial charge in [0.05, 0.1) is 6.61 Å². The Labute approximate surface area is 113 Å². The van der Waals surface area contributed by atoms with Gasteiger partial charge in [-0.3, -0.25) is 4.79 Å². The number of carbonyl (C=O) groups is 1. The van der Waals surface area contributed by atoms with Crippen LogP contribution in [0.25, 0.3) is 5.95 Å². The average molecular weight is 284 g/mol. The van der Waals surface area contributed by atoms with Crippen molar-refractivity contribution in [2.24, 2.45) is 0 Å². The van der Waals surface area contributed by atoms with Gasteiger partial charge in [0.15, 0.2) is 0 Å². The molecule has 10 heteroatoms. The lowest BCUT2D eigenvalue weighted by molar-refractivity contribution is -0.140. The molecule has 0 saturated heterocycles. The van der Waals surface area contributed by atoms with Crippen LogP contribution in [0, 0.1) is 0 Å². The molecule has 2 rings (SSSR count). The monoisotopic (exact) mass is 283 g/mol. The Morgan fingerprint density at radius 2 is 2.32 bits per heavy atom. The smallest absolute Gasteiger partial charge is 0.325 e. The van der Waals surface area contributed by atoms with Crippen molar-refractivity contribution in [3.63, 3.8) is 0 Å². The van der Waals surface area contributed by atoms with Crippen LogP contribution in [0.5, 0.6) is 0 Å². The standard InChI is InChI=1S/C9H10ClN7O2/c1-2-19-6(18)3-12-8-14-7(10)15-9(16-8)17-5-11-4-13-17/h4-5H,2-3H2,1H3,(H,12,14,15,16). The molecule has 0 fully saturated rings. The van der Waals surface area contributed by atoms with Gasteiger partial charge in [0.1, 0.15) is 19.2 Å². The number of hydrogen-bond donors (Lipinski definition) is 1. The molecule has 2 aromatic heterocycles. The van der Waals surface area contributed by atoms with Gasteiger partial charge < -0.3 is 10.1 Å². The molecule has 0 unspecified atom stereocenters. The van der Waals surface area contributed by atoms with Crippen molar-refractivity contribution in [3.05, 3.63) is 17.9 Å². The van der Waals surface area contributed by atoms with Crippen molar-refractivity contribution in [1.29, 1.82) is 0 Å². The molecule has 2 aromatic rings. The van der Waals surface area contributed by atoms with Crippen molar-refractivity contribution < 1.29 is 9.53 Å². The van der Waals surface area contributed by atoms with Gasteiger partial charge in [-0.2, -0.15) is 24.7 Å². The second-order valence-corrected chi connectivity index (χ2v) is 3.56. The zero-order valence-corrected chi connectivity index (χ0v) is 10.7. The summed E-state index contributed by atoms with van der Waals surface area (Å²) in [5.41, 5.74) is 0. The van der Waals surface area contributed by atoms with Crippen LogP contribution in [0.3, 0.4) is 0 Å². The summed E-state index contributed by atoms with van der Waals surface area (Å²) in [6.07, 6.45) is 2.75. The van der Waals surface area contributed by atoms with E-state index in [-0.39, 0.29) is 23.7 Å². The molecule has 19 heavy (non-hydrogen) atoms. The first-order chi connectivity index (χ1) is 9.19. The quantitative estimate of drug-likeness (QED) is 0.769. The molecule has 0 atom stereocenters. The molecule has 0 aliphatic rings. The molecule has 1 N–H and O–H groups in total. The number of nitrogens with zero attached hydrogens (tertiary/aromatic N) is 6. The van der Waals surface area contributed by atoms with E-state index in [0.717, 1.165) is 0 Å². The van der Waals surface area contributed by atoms with E-state index in [2.05, 4.69) is 30.4 Å². The minimum atomic E-state index is -0.415. The molecule has 0 aliphatic heterocycles. The molecule has 0 bridgehead atoms. The van der Waals surface area contributed by atoms with Crippen LogP contribution in [-0.2, 0) is 9.53 Å². The van der Waals surface area contributed by atoms with Gasteiger partial charge >= 0.3 is 5.97 Å². The van der Waals surface area contributed by atoms with Crippen LogP contribution in [0.15, 0.2) is 12.7 Å². The highest BCUT2D eigenvalue weighted by atomic mass is 35.5. The van der Waals surface area contributed by atoms with Gasteiger partial charge in [-0.1, -0.05) is 0 Å². The number of nitrogens with one attached hydrogen (secondary N) is 1. The van der Waals surface area contributed by atoms with Crippen LogP contribution in [0.1, 0.15) is 6.92 Å². The molecule has 0 spiro atoms. The fourth-order valence-corrected chi connectivity index (χ4v) is 1.35. The summed E-state index contributed by atoms with van der Waals surface area (Å²) < 4.78 is 6.09. The predicted molar refractivity (Wildman–Crippen MR) is 64.9 cm³/mol. The van der Waals surface area contributed by atoms with Gasteiger partial charge in [0.25, 0.3) is 5.95 Å². The average Bonchev–Trinajstić information content (AvgIpc) is 2.90. The van der Waals surface area contributed by atoms with E-state index in [4.69, 9.17) is 16.3 Å². The summed E-state index contributed by atoms with van der Waals surface area (Å²) >= 11 is 5.76. The highest BCUT2D eigenvalue weighted by Crippen LogP contribution is 2.08. The minimum absolute atomic E-state index is 0.0214. The maximum absolute atomic E-state index is 11.2. The number of aromatic nitrogens is 6. The third kappa shape index (κ3) is 3.58. The number of carbonyl (C=O) groups excluding carboxylic acids is 1. The third-order valence-corrected chi connectivity index (χ3v) is 2.09. The largest absolute Gasteiger partial charge is 0.465 e. The normalized spacial score (nSPS) is 10.2. The second kappa shape index (κ2) is 6.05. The molecule has 0 radical (unpaired) electrons. The lowest BCUT2D eigenvalue weighted by atomic mass is 10.6. The fourth-order valence-electron chi connectivity index (χ4n) is 1.20. The number of ether oxygens (including phenoxy) is 1. The summed E-state index contributed by atoms with van der Waals surface area (Å²) in [5.74, 6) is -0.0660. The summed E-state index contributed by atoms with van der Waals surface area (Å²) in [6, 6.07) is 0. The van der Waals surface area contributed by atoms with Gasteiger partial charge in [-0.15, -0.1) is 0 Å². The number of halogens is 1. The van der Waals surface area contributed by atoms with E-state index < -0.39 is 5.97 Å². The summed E-state index contributed by atoms with van der Waals surface area (Å²) in [4.78, 5) is 26.7. The van der Waals surface area contributed by atoms with Crippen LogP contribution in [-0.4, -0.2) is 48.8 Å². The Hall–Kier alpha value is -2.29. The molecular formula is C9H10ClN7O2. The minimum Gasteiger partial charge on any atom is -0.465 e. The van der Waals surface area contributed by atoms with Crippen LogP contribution < -0.4 is 5.32 Å². The number of hydrogen-bond acceptors (Lipinski definition) is 8. The predicted octanol–water partition coefficient (Wildman–Crippen LogP) is 0.0807. The Morgan fingerprint density at radius 1 is 1.47 bits per heavy atom. The Morgan fingerprint density at radius 3 is 3.00 bits per heavy atom. The third-order valence-electron chi connectivity index (χ3n) is 1.92. The maximum Gasteiger partial charge on any atom is 0.325 e. The highest BCUT2D eigenvalue weighted by molar-refractivity contribution is 6.28. The van der Waals surface area contributed by atoms with E-state index in [1.807, 2.05) is 0 Å². The van der Waals surface area contributed by atoms with Crippen molar-refractivity contribution in [1.82, 2.24) is 29.7 Å². The van der Waals surface area contributed by atoms with Gasteiger partial charge in [0, 0.05) is 0 Å². The van der Waals surface area contributed by atoms with Gasteiger partial charge in [-0.05, 0) is 18.5 Å². The summed E-state index contributed by atoms with van der Waals surface area (Å²) in [5, 5.41) is 6.54. The lowest BCUT2D eigenvalue weighted by Crippen LogP contribution is -2.19. The Balaban J connectivity index is 2.11. The van der Waals surface area contributed by atoms with Crippen LogP contribution in [0.2, 0.25) is 5.28 Å². The molecule has 9 nitrogen and oxygen atoms in total. The molecule has 0 aromatic carbocycles. The number of anilines is 1. The Bertz CT molecular complexity index is 560. The van der Waals surface area contributed by atoms with Gasteiger partial charge in [-0.25, -0.2) is 4.98 Å². The Kier molecular flexibility index (Phi) is 4.18. The lowest BCUT2D eigenvalue weighted by Gasteiger charge is -2.06. The zero-order chi connectivity index (χ0) is 13.7. The topological polar surface area (TPSA) is 108 Å². The van der Waals surface area contributed by atoms with E-state index in [0.29, 0.717) is 6.61 Å². The van der Waals surface area contributed by atoms with E-state index in [1.165, 1.54) is 17.3 Å². The van der Waals surface area contributed by atoms with Gasteiger partial charge in [0.2, 0.25) is 11.2 Å². The van der Waals surface area contributed by atoms with E-state index >= 15 is 0 Å². The van der Waals surface area contributed by atoms with Crippen molar-refractivity contribution >= 4 is 23.5 Å². The molecule has 0 aliphatic carbocycles. The summed E-state index contributed by atoms with van der Waals surface area (Å²) in [7, 11) is 0. The zero-order valence-electron chi connectivity index (χ0n) is 9.95.